The normalized spacial score (nSPS) is 11.1. The van der Waals surface area contributed by atoms with Crippen molar-refractivity contribution in [2.75, 3.05) is 4.72 Å². The van der Waals surface area contributed by atoms with E-state index in [9.17, 15) is 13.2 Å². The molecule has 1 amide bonds. The van der Waals surface area contributed by atoms with Gasteiger partial charge in [-0.1, -0.05) is 24.3 Å². The Bertz CT molecular complexity index is 1040. The zero-order valence-electron chi connectivity index (χ0n) is 13.9. The average molecular weight is 371 g/mol. The van der Waals surface area contributed by atoms with Crippen LogP contribution in [0.4, 0.5) is 5.69 Å². The maximum Gasteiger partial charge on any atom is 0.265 e. The molecule has 3 rings (SSSR count). The number of nitrogens with two attached hydrogens (primary N) is 1. The van der Waals surface area contributed by atoms with Gasteiger partial charge in [-0.2, -0.15) is 0 Å². The minimum Gasteiger partial charge on any atom is -0.457 e. The summed E-state index contributed by atoms with van der Waals surface area (Å²) >= 11 is 0. The fourth-order valence-electron chi connectivity index (χ4n) is 2.39. The molecule has 0 radical (unpaired) electrons. The molecule has 3 N–H and O–H groups in total. The molecule has 2 aromatic carbocycles. The monoisotopic (exact) mass is 371 g/mol. The number of anilines is 1. The second kappa shape index (κ2) is 6.93. The maximum absolute atomic E-state index is 12.5. The number of aromatic nitrogens is 1. The number of nitrogens with zero attached hydrogens (tertiary/aromatic N) is 1. The van der Waals surface area contributed by atoms with Gasteiger partial charge in [0.2, 0.25) is 0 Å². The lowest BCUT2D eigenvalue weighted by Crippen LogP contribution is -2.14. The number of primary amides is 1. The lowest BCUT2D eigenvalue weighted by molar-refractivity contribution is 0.0992. The van der Waals surface area contributed by atoms with Crippen LogP contribution in [0.15, 0.2) is 71.8 Å². The lowest BCUT2D eigenvalue weighted by Gasteiger charge is -2.09. The van der Waals surface area contributed by atoms with Gasteiger partial charge in [0, 0.05) is 19.3 Å². The second-order valence-corrected chi connectivity index (χ2v) is 7.27. The number of ether oxygens (including phenoxy) is 1. The molecule has 7 nitrogen and oxygen atoms in total. The standard InChI is InChI=1S/C18H17N3O4S/c1-21-12-16(11-17(21)18(19)22)26(23,24)20-13-6-5-9-15(10-13)25-14-7-3-2-4-8-14/h2-12,20H,1H3,(H2,19,22). The van der Waals surface area contributed by atoms with Crippen molar-refractivity contribution in [3.05, 3.63) is 72.6 Å². The molecule has 0 unspecified atom stereocenters. The van der Waals surface area contributed by atoms with Crippen LogP contribution in [-0.4, -0.2) is 18.9 Å². The van der Waals surface area contributed by atoms with Crippen LogP contribution in [0.25, 0.3) is 0 Å². The van der Waals surface area contributed by atoms with E-state index in [1.54, 1.807) is 43.4 Å². The number of benzene rings is 2. The molecule has 134 valence electrons. The maximum atomic E-state index is 12.5. The molecule has 0 aliphatic carbocycles. The van der Waals surface area contributed by atoms with E-state index in [4.69, 9.17) is 10.5 Å². The zero-order valence-corrected chi connectivity index (χ0v) is 14.7. The Labute approximate surface area is 151 Å². The highest BCUT2D eigenvalue weighted by molar-refractivity contribution is 7.92. The van der Waals surface area contributed by atoms with E-state index in [1.807, 2.05) is 18.2 Å². The van der Waals surface area contributed by atoms with E-state index in [1.165, 1.54) is 16.8 Å². The Morgan fingerprint density at radius 2 is 1.73 bits per heavy atom. The number of carbonyl (C=O) groups is 1. The highest BCUT2D eigenvalue weighted by Gasteiger charge is 2.19. The fraction of sp³-hybridized carbons (Fsp3) is 0.0556. The number of nitrogens with one attached hydrogen (secondary N) is 1. The lowest BCUT2D eigenvalue weighted by atomic mass is 10.3. The molecule has 0 saturated carbocycles. The quantitative estimate of drug-likeness (QED) is 0.695. The molecule has 0 saturated heterocycles. The number of carbonyl (C=O) groups excluding carboxylic acids is 1. The molecule has 3 aromatic rings. The summed E-state index contributed by atoms with van der Waals surface area (Å²) in [7, 11) is -2.32. The third-order valence-electron chi connectivity index (χ3n) is 3.61. The van der Waals surface area contributed by atoms with Gasteiger partial charge in [0.1, 0.15) is 22.1 Å². The summed E-state index contributed by atoms with van der Waals surface area (Å²) in [5.74, 6) is 0.427. The molecule has 1 aromatic heterocycles. The number of hydrogen-bond acceptors (Lipinski definition) is 4. The summed E-state index contributed by atoms with van der Waals surface area (Å²) < 4.78 is 34.6. The van der Waals surface area contributed by atoms with Gasteiger partial charge < -0.3 is 15.0 Å². The number of para-hydroxylation sites is 1. The zero-order chi connectivity index (χ0) is 18.7. The van der Waals surface area contributed by atoms with Gasteiger partial charge in [-0.15, -0.1) is 0 Å². The van der Waals surface area contributed by atoms with Crippen molar-refractivity contribution in [3.8, 4) is 11.5 Å². The first kappa shape index (κ1) is 17.6. The third kappa shape index (κ3) is 3.86. The van der Waals surface area contributed by atoms with Gasteiger partial charge in [0.25, 0.3) is 15.9 Å². The van der Waals surface area contributed by atoms with E-state index < -0.39 is 15.9 Å². The van der Waals surface area contributed by atoms with Gasteiger partial charge in [-0.05, 0) is 30.3 Å². The first-order valence-electron chi connectivity index (χ1n) is 7.67. The van der Waals surface area contributed by atoms with Crippen molar-refractivity contribution in [2.45, 2.75) is 4.90 Å². The largest absolute Gasteiger partial charge is 0.457 e. The van der Waals surface area contributed by atoms with Gasteiger partial charge in [-0.3, -0.25) is 9.52 Å². The van der Waals surface area contributed by atoms with E-state index in [0.717, 1.165) is 0 Å². The molecule has 1 heterocycles. The molecule has 0 bridgehead atoms. The van der Waals surface area contributed by atoms with Crippen molar-refractivity contribution in [1.29, 1.82) is 0 Å². The first-order valence-corrected chi connectivity index (χ1v) is 9.15. The molecular formula is C18H17N3O4S. The van der Waals surface area contributed by atoms with Crippen LogP contribution in [0.2, 0.25) is 0 Å². The third-order valence-corrected chi connectivity index (χ3v) is 4.96. The van der Waals surface area contributed by atoms with E-state index >= 15 is 0 Å². The predicted octanol–water partition coefficient (Wildman–Crippen LogP) is 2.72. The highest BCUT2D eigenvalue weighted by atomic mass is 32.2. The van der Waals surface area contributed by atoms with Gasteiger partial charge in [0.15, 0.2) is 0 Å². The summed E-state index contributed by atoms with van der Waals surface area (Å²) in [5, 5.41) is 0. The first-order chi connectivity index (χ1) is 12.3. The number of aryl methyl sites for hydroxylation is 1. The minimum absolute atomic E-state index is 0.0526. The van der Waals surface area contributed by atoms with Crippen LogP contribution in [0.5, 0.6) is 11.5 Å². The summed E-state index contributed by atoms with van der Waals surface area (Å²) in [5.41, 5.74) is 5.66. The minimum atomic E-state index is -3.87. The average Bonchev–Trinajstić information content (AvgIpc) is 2.99. The molecule has 0 aliphatic heterocycles. The summed E-state index contributed by atoms with van der Waals surface area (Å²) in [4.78, 5) is 11.3. The van der Waals surface area contributed by atoms with Crippen LogP contribution in [-0.2, 0) is 17.1 Å². The van der Waals surface area contributed by atoms with E-state index in [0.29, 0.717) is 17.2 Å². The van der Waals surface area contributed by atoms with Gasteiger partial charge >= 0.3 is 0 Å². The van der Waals surface area contributed by atoms with Gasteiger partial charge in [-0.25, -0.2) is 8.42 Å². The molecule has 0 fully saturated rings. The van der Waals surface area contributed by atoms with Crippen molar-refractivity contribution >= 4 is 21.6 Å². The van der Waals surface area contributed by atoms with E-state index in [-0.39, 0.29) is 10.6 Å². The van der Waals surface area contributed by atoms with Crippen LogP contribution in [0, 0.1) is 0 Å². The molecule has 8 heteroatoms. The van der Waals surface area contributed by atoms with E-state index in [2.05, 4.69) is 4.72 Å². The topological polar surface area (TPSA) is 103 Å². The Morgan fingerprint density at radius 1 is 1.04 bits per heavy atom. The Kier molecular flexibility index (Phi) is 4.68. The fourth-order valence-corrected chi connectivity index (χ4v) is 3.51. The molecule has 0 aliphatic rings. The Balaban J connectivity index is 1.83. The van der Waals surface area contributed by atoms with Crippen LogP contribution < -0.4 is 15.2 Å². The summed E-state index contributed by atoms with van der Waals surface area (Å²) in [6.07, 6.45) is 1.33. The number of amides is 1. The van der Waals surface area contributed by atoms with Crippen molar-refractivity contribution in [2.24, 2.45) is 12.8 Å². The van der Waals surface area contributed by atoms with Crippen LogP contribution in [0.3, 0.4) is 0 Å². The number of rotatable bonds is 6. The van der Waals surface area contributed by atoms with Crippen LogP contribution in [0.1, 0.15) is 10.5 Å². The highest BCUT2D eigenvalue weighted by Crippen LogP contribution is 2.25. The Hall–Kier alpha value is -3.26. The molecule has 0 spiro atoms. The van der Waals surface area contributed by atoms with Crippen molar-refractivity contribution < 1.29 is 17.9 Å². The molecular weight excluding hydrogens is 354 g/mol. The smallest absolute Gasteiger partial charge is 0.265 e. The summed E-state index contributed by atoms with van der Waals surface area (Å²) in [6.45, 7) is 0. The molecule has 0 atom stereocenters. The molecule has 26 heavy (non-hydrogen) atoms. The SMILES string of the molecule is Cn1cc(S(=O)(=O)Nc2cccc(Oc3ccccc3)c2)cc1C(N)=O. The Morgan fingerprint density at radius 3 is 2.38 bits per heavy atom. The summed E-state index contributed by atoms with van der Waals surface area (Å²) in [6, 6.07) is 17.0. The van der Waals surface area contributed by atoms with Crippen molar-refractivity contribution in [3.63, 3.8) is 0 Å². The second-order valence-electron chi connectivity index (χ2n) is 5.58. The van der Waals surface area contributed by atoms with Crippen LogP contribution >= 0.6 is 0 Å². The number of hydrogen-bond donors (Lipinski definition) is 2. The van der Waals surface area contributed by atoms with Crippen molar-refractivity contribution in [1.82, 2.24) is 4.57 Å². The van der Waals surface area contributed by atoms with Gasteiger partial charge in [0.05, 0.1) is 5.69 Å². The predicted molar refractivity (Wildman–Crippen MR) is 97.7 cm³/mol. The number of sulfonamides is 1.